The minimum Gasteiger partial charge on any atom is -0.353 e. The number of rotatable bonds is 3. The van der Waals surface area contributed by atoms with Crippen molar-refractivity contribution in [3.63, 3.8) is 0 Å². The smallest absolute Gasteiger partial charge is 0.266 e. The highest BCUT2D eigenvalue weighted by molar-refractivity contribution is 4.86. The molecular weight excluding hydrogens is 238 g/mol. The van der Waals surface area contributed by atoms with Gasteiger partial charge in [-0.2, -0.15) is 8.78 Å². The Morgan fingerprint density at radius 2 is 1.67 bits per heavy atom. The zero-order valence-corrected chi connectivity index (χ0v) is 10.9. The van der Waals surface area contributed by atoms with Gasteiger partial charge >= 0.3 is 0 Å². The second kappa shape index (κ2) is 6.62. The Morgan fingerprint density at radius 3 is 2.22 bits per heavy atom. The van der Waals surface area contributed by atoms with Crippen molar-refractivity contribution in [3.8, 4) is 0 Å². The summed E-state index contributed by atoms with van der Waals surface area (Å²) >= 11 is 0. The van der Waals surface area contributed by atoms with Gasteiger partial charge in [0.1, 0.15) is 0 Å². The Balaban J connectivity index is 1.71. The fourth-order valence-electron chi connectivity index (χ4n) is 3.04. The summed E-state index contributed by atoms with van der Waals surface area (Å²) in [5, 5.41) is 0. The van der Waals surface area contributed by atoms with Crippen LogP contribution in [0, 0.1) is 17.8 Å². The fraction of sp³-hybridized carbons (Fsp3) is 0.857. The van der Waals surface area contributed by atoms with E-state index in [2.05, 4.69) is 0 Å². The number of halogens is 2. The molecule has 2 fully saturated rings. The summed E-state index contributed by atoms with van der Waals surface area (Å²) in [6.07, 6.45) is 4.34. The quantitative estimate of drug-likeness (QED) is 0.764. The second-order valence-corrected chi connectivity index (χ2v) is 5.50. The maximum atomic E-state index is 12.0. The molecule has 0 spiro atoms. The van der Waals surface area contributed by atoms with E-state index in [1.165, 1.54) is 0 Å². The van der Waals surface area contributed by atoms with Gasteiger partial charge in [-0.25, -0.2) is 0 Å². The van der Waals surface area contributed by atoms with Crippen LogP contribution in [-0.2, 0) is 9.47 Å². The molecule has 1 saturated carbocycles. The first-order valence-corrected chi connectivity index (χ1v) is 6.89. The normalized spacial score (nSPS) is 37.3. The van der Waals surface area contributed by atoms with E-state index in [0.29, 0.717) is 24.2 Å². The standard InChI is InChI=1S/C14H22F2O2/c1-10-17-8-13(9-18-10)12-5-2-11(3-6-12)4-7-14(15)16/h7,10-13H,2-6,8-9H2,1H3. The largest absolute Gasteiger partial charge is 0.353 e. The van der Waals surface area contributed by atoms with Crippen molar-refractivity contribution < 1.29 is 18.3 Å². The van der Waals surface area contributed by atoms with E-state index < -0.39 is 6.08 Å². The minimum absolute atomic E-state index is 0.0738. The SMILES string of the molecule is CC1OCC(C2CCC(CC=C(F)F)CC2)CO1. The lowest BCUT2D eigenvalue weighted by atomic mass is 9.75. The van der Waals surface area contributed by atoms with Crippen LogP contribution < -0.4 is 0 Å². The lowest BCUT2D eigenvalue weighted by molar-refractivity contribution is -0.200. The average molecular weight is 260 g/mol. The zero-order chi connectivity index (χ0) is 13.0. The first-order chi connectivity index (χ1) is 8.65. The van der Waals surface area contributed by atoms with E-state index in [1.807, 2.05) is 6.92 Å². The van der Waals surface area contributed by atoms with Crippen molar-refractivity contribution in [1.82, 2.24) is 0 Å². The van der Waals surface area contributed by atoms with Crippen LogP contribution >= 0.6 is 0 Å². The molecule has 2 rings (SSSR count). The average Bonchev–Trinajstić information content (AvgIpc) is 2.38. The van der Waals surface area contributed by atoms with Gasteiger partial charge in [-0.05, 0) is 56.9 Å². The summed E-state index contributed by atoms with van der Waals surface area (Å²) in [6.45, 7) is 3.50. The highest BCUT2D eigenvalue weighted by atomic mass is 19.3. The molecule has 0 aromatic rings. The van der Waals surface area contributed by atoms with Gasteiger partial charge in [0, 0.05) is 5.92 Å². The third-order valence-electron chi connectivity index (χ3n) is 4.25. The Kier molecular flexibility index (Phi) is 5.13. The Bertz CT molecular complexity index is 274. The summed E-state index contributed by atoms with van der Waals surface area (Å²) in [7, 11) is 0. The Labute approximate surface area is 107 Å². The first kappa shape index (κ1) is 13.9. The summed E-state index contributed by atoms with van der Waals surface area (Å²) in [5.74, 6) is 1.58. The summed E-state index contributed by atoms with van der Waals surface area (Å²) in [4.78, 5) is 0. The van der Waals surface area contributed by atoms with Crippen LogP contribution in [0.25, 0.3) is 0 Å². The van der Waals surface area contributed by atoms with Crippen LogP contribution in [0.5, 0.6) is 0 Å². The van der Waals surface area contributed by atoms with Crippen molar-refractivity contribution in [2.75, 3.05) is 13.2 Å². The van der Waals surface area contributed by atoms with Crippen molar-refractivity contribution in [3.05, 3.63) is 12.2 Å². The van der Waals surface area contributed by atoms with E-state index in [9.17, 15) is 8.78 Å². The number of ether oxygens (including phenoxy) is 2. The molecule has 1 aliphatic heterocycles. The van der Waals surface area contributed by atoms with E-state index in [4.69, 9.17) is 9.47 Å². The van der Waals surface area contributed by atoms with Crippen LogP contribution in [0.4, 0.5) is 8.78 Å². The molecule has 0 atom stereocenters. The van der Waals surface area contributed by atoms with Crippen LogP contribution in [-0.4, -0.2) is 19.5 Å². The van der Waals surface area contributed by atoms with E-state index in [-0.39, 0.29) is 6.29 Å². The van der Waals surface area contributed by atoms with Crippen LogP contribution in [0.1, 0.15) is 39.0 Å². The van der Waals surface area contributed by atoms with Gasteiger partial charge in [-0.3, -0.25) is 0 Å². The molecule has 1 saturated heterocycles. The molecule has 18 heavy (non-hydrogen) atoms. The molecule has 0 unspecified atom stereocenters. The second-order valence-electron chi connectivity index (χ2n) is 5.50. The molecule has 4 heteroatoms. The van der Waals surface area contributed by atoms with Crippen molar-refractivity contribution in [1.29, 1.82) is 0 Å². The third-order valence-corrected chi connectivity index (χ3v) is 4.25. The van der Waals surface area contributed by atoms with Crippen LogP contribution in [0.15, 0.2) is 12.2 Å². The molecule has 1 heterocycles. The Hall–Kier alpha value is -0.480. The van der Waals surface area contributed by atoms with Crippen LogP contribution in [0.3, 0.4) is 0 Å². The zero-order valence-electron chi connectivity index (χ0n) is 10.9. The molecule has 0 aromatic heterocycles. The van der Waals surface area contributed by atoms with Crippen LogP contribution in [0.2, 0.25) is 0 Å². The maximum absolute atomic E-state index is 12.0. The van der Waals surface area contributed by atoms with Crippen molar-refractivity contribution in [2.45, 2.75) is 45.3 Å². The maximum Gasteiger partial charge on any atom is 0.266 e. The molecule has 0 aromatic carbocycles. The monoisotopic (exact) mass is 260 g/mol. The number of hydrogen-bond acceptors (Lipinski definition) is 2. The van der Waals surface area contributed by atoms with Crippen molar-refractivity contribution in [2.24, 2.45) is 17.8 Å². The van der Waals surface area contributed by atoms with Gasteiger partial charge in [0.2, 0.25) is 0 Å². The highest BCUT2D eigenvalue weighted by Crippen LogP contribution is 2.36. The molecule has 2 aliphatic rings. The lowest BCUT2D eigenvalue weighted by Crippen LogP contribution is -2.36. The predicted molar refractivity (Wildman–Crippen MR) is 65.2 cm³/mol. The molecular formula is C14H22F2O2. The molecule has 2 nitrogen and oxygen atoms in total. The van der Waals surface area contributed by atoms with E-state index in [1.54, 1.807) is 0 Å². The molecule has 104 valence electrons. The number of allylic oxidation sites excluding steroid dienone is 1. The summed E-state index contributed by atoms with van der Waals surface area (Å²) in [6, 6.07) is 0. The van der Waals surface area contributed by atoms with Gasteiger partial charge < -0.3 is 9.47 Å². The Morgan fingerprint density at radius 1 is 1.06 bits per heavy atom. The van der Waals surface area contributed by atoms with E-state index in [0.717, 1.165) is 45.0 Å². The lowest BCUT2D eigenvalue weighted by Gasteiger charge is -2.36. The minimum atomic E-state index is -1.54. The highest BCUT2D eigenvalue weighted by Gasteiger charge is 2.30. The molecule has 0 N–H and O–H groups in total. The number of hydrogen-bond donors (Lipinski definition) is 0. The topological polar surface area (TPSA) is 18.5 Å². The summed E-state index contributed by atoms with van der Waals surface area (Å²) in [5.41, 5.74) is 0. The fourth-order valence-corrected chi connectivity index (χ4v) is 3.04. The molecule has 0 radical (unpaired) electrons. The molecule has 1 aliphatic carbocycles. The van der Waals surface area contributed by atoms with Gasteiger partial charge in [0.05, 0.1) is 13.2 Å². The van der Waals surface area contributed by atoms with Crippen molar-refractivity contribution >= 4 is 0 Å². The molecule has 0 bridgehead atoms. The van der Waals surface area contributed by atoms with Gasteiger partial charge in [0.15, 0.2) is 6.29 Å². The first-order valence-electron chi connectivity index (χ1n) is 6.89. The summed E-state index contributed by atoms with van der Waals surface area (Å²) < 4.78 is 35.1. The van der Waals surface area contributed by atoms with Gasteiger partial charge in [-0.1, -0.05) is 0 Å². The van der Waals surface area contributed by atoms with E-state index >= 15 is 0 Å². The van der Waals surface area contributed by atoms with Gasteiger partial charge in [-0.15, -0.1) is 0 Å². The third kappa shape index (κ3) is 4.02. The van der Waals surface area contributed by atoms with Gasteiger partial charge in [0.25, 0.3) is 6.08 Å². The predicted octanol–water partition coefficient (Wildman–Crippen LogP) is 3.97. The molecule has 0 amide bonds.